The molecular weight excluding hydrogens is 468 g/mol. The second-order valence-corrected chi connectivity index (χ2v) is 9.12. The molecule has 38 heavy (non-hydrogen) atoms. The van der Waals surface area contributed by atoms with Crippen LogP contribution in [0.25, 0.3) is 44.4 Å². The number of nitrogens with one attached hydrogen (secondary N) is 4. The molecule has 0 aliphatic rings. The van der Waals surface area contributed by atoms with Gasteiger partial charge in [-0.25, -0.2) is 9.97 Å². The van der Waals surface area contributed by atoms with E-state index in [1.165, 1.54) is 27.5 Å². The Bertz CT molecular complexity index is 1460. The summed E-state index contributed by atoms with van der Waals surface area (Å²) in [7, 11) is 0. The van der Waals surface area contributed by atoms with Crippen LogP contribution < -0.4 is 10.6 Å². The maximum absolute atomic E-state index is 4.58. The fourth-order valence-electron chi connectivity index (χ4n) is 4.57. The van der Waals surface area contributed by atoms with E-state index in [0.717, 1.165) is 67.6 Å². The molecule has 0 aliphatic heterocycles. The minimum absolute atomic E-state index is 0.753. The topological polar surface area (TPSA) is 81.4 Å². The number of nitrogens with zero attached hydrogens (tertiary/aromatic N) is 2. The Morgan fingerprint density at radius 1 is 0.632 bits per heavy atom. The van der Waals surface area contributed by atoms with Gasteiger partial charge in [-0.15, -0.1) is 12.8 Å². The van der Waals surface area contributed by atoms with E-state index in [9.17, 15) is 0 Å². The first kappa shape index (κ1) is 26.9. The van der Waals surface area contributed by atoms with E-state index in [1.54, 1.807) is 0 Å². The molecule has 0 radical (unpaired) electrons. The van der Waals surface area contributed by atoms with Crippen LogP contribution in [0.15, 0.2) is 73.1 Å². The summed E-state index contributed by atoms with van der Waals surface area (Å²) in [5.74, 6) is 1.93. The van der Waals surface area contributed by atoms with Gasteiger partial charge in [0.2, 0.25) is 0 Å². The third-order valence-electron chi connectivity index (χ3n) is 6.42. The van der Waals surface area contributed by atoms with Crippen molar-refractivity contribution in [2.75, 3.05) is 13.1 Å². The van der Waals surface area contributed by atoms with Crippen molar-refractivity contribution < 1.29 is 0 Å². The van der Waals surface area contributed by atoms with E-state index in [1.807, 2.05) is 12.4 Å². The number of terminal acetylenes is 1. The minimum Gasteiger partial charge on any atom is -0.341 e. The van der Waals surface area contributed by atoms with Crippen LogP contribution in [0.4, 0.5) is 0 Å². The van der Waals surface area contributed by atoms with Crippen molar-refractivity contribution in [3.8, 4) is 46.5 Å². The molecule has 6 nitrogen and oxygen atoms in total. The van der Waals surface area contributed by atoms with E-state index < -0.39 is 0 Å². The number of fused-ring (bicyclic) bond motifs is 1. The number of hydrogen-bond donors (Lipinski definition) is 4. The Hall–Kier alpha value is -4.18. The molecule has 0 unspecified atom stereocenters. The lowest BCUT2D eigenvalue weighted by Gasteiger charge is -2.11. The van der Waals surface area contributed by atoms with Crippen LogP contribution in [0.1, 0.15) is 38.3 Å². The molecule has 0 saturated carbocycles. The lowest BCUT2D eigenvalue weighted by molar-refractivity contribution is 0.655. The first-order valence-electron chi connectivity index (χ1n) is 13.2. The molecule has 0 amide bonds. The van der Waals surface area contributed by atoms with E-state index in [-0.39, 0.29) is 0 Å². The van der Waals surface area contributed by atoms with Crippen molar-refractivity contribution in [3.05, 3.63) is 84.7 Å². The van der Waals surface area contributed by atoms with Crippen molar-refractivity contribution in [2.24, 2.45) is 0 Å². The normalized spacial score (nSPS) is 10.8. The van der Waals surface area contributed by atoms with Crippen molar-refractivity contribution in [2.45, 2.75) is 39.8 Å². The number of H-pyrrole nitrogens is 2. The SMILES string of the molecule is C#C.CCCNCc1ncc(-c2ccc(-c3ccc(-c4cnc(CNCCC)[nH]4)c4ccccc34)cc2)[nH]1. The van der Waals surface area contributed by atoms with E-state index in [0.29, 0.717) is 0 Å². The Morgan fingerprint density at radius 2 is 1.13 bits per heavy atom. The molecule has 0 saturated heterocycles. The van der Waals surface area contributed by atoms with Crippen LogP contribution in [0.3, 0.4) is 0 Å². The van der Waals surface area contributed by atoms with Crippen LogP contribution in [-0.4, -0.2) is 33.0 Å². The summed E-state index contributed by atoms with van der Waals surface area (Å²) in [6, 6.07) is 21.7. The maximum atomic E-state index is 4.58. The highest BCUT2D eigenvalue weighted by Gasteiger charge is 2.12. The van der Waals surface area contributed by atoms with Gasteiger partial charge in [0.1, 0.15) is 11.6 Å². The predicted molar refractivity (Wildman–Crippen MR) is 158 cm³/mol. The summed E-state index contributed by atoms with van der Waals surface area (Å²) in [4.78, 5) is 16.0. The molecule has 0 spiro atoms. The van der Waals surface area contributed by atoms with Crippen molar-refractivity contribution >= 4 is 10.8 Å². The summed E-state index contributed by atoms with van der Waals surface area (Å²) < 4.78 is 0. The van der Waals surface area contributed by atoms with Gasteiger partial charge in [-0.05, 0) is 53.4 Å². The summed E-state index contributed by atoms with van der Waals surface area (Å²) in [6.07, 6.45) is 14.1. The molecule has 2 aromatic heterocycles. The monoisotopic (exact) mass is 504 g/mol. The number of hydrogen-bond acceptors (Lipinski definition) is 4. The molecular formula is C32H36N6. The van der Waals surface area contributed by atoms with Crippen LogP contribution >= 0.6 is 0 Å². The summed E-state index contributed by atoms with van der Waals surface area (Å²) in [6.45, 7) is 7.83. The number of aromatic nitrogens is 4. The highest BCUT2D eigenvalue weighted by molar-refractivity contribution is 6.04. The quantitative estimate of drug-likeness (QED) is 0.122. The van der Waals surface area contributed by atoms with Crippen molar-refractivity contribution in [3.63, 3.8) is 0 Å². The molecule has 4 N–H and O–H groups in total. The molecule has 0 bridgehead atoms. The molecule has 3 aromatic carbocycles. The van der Waals surface area contributed by atoms with Gasteiger partial charge in [0, 0.05) is 5.56 Å². The molecule has 0 atom stereocenters. The molecule has 6 heteroatoms. The molecule has 0 aliphatic carbocycles. The van der Waals surface area contributed by atoms with Gasteiger partial charge in [-0.2, -0.15) is 0 Å². The van der Waals surface area contributed by atoms with Gasteiger partial charge in [0.05, 0.1) is 36.9 Å². The zero-order chi connectivity index (χ0) is 26.7. The first-order valence-corrected chi connectivity index (χ1v) is 13.2. The molecule has 5 aromatic rings. The number of aromatic amines is 2. The Kier molecular flexibility index (Phi) is 9.47. The van der Waals surface area contributed by atoms with Gasteiger partial charge in [0.15, 0.2) is 0 Å². The van der Waals surface area contributed by atoms with Crippen LogP contribution in [0.2, 0.25) is 0 Å². The number of benzene rings is 3. The lowest BCUT2D eigenvalue weighted by atomic mass is 9.93. The van der Waals surface area contributed by atoms with Gasteiger partial charge in [-0.3, -0.25) is 0 Å². The molecule has 0 fully saturated rings. The smallest absolute Gasteiger partial charge is 0.120 e. The van der Waals surface area contributed by atoms with E-state index in [2.05, 4.69) is 118 Å². The van der Waals surface area contributed by atoms with E-state index >= 15 is 0 Å². The lowest BCUT2D eigenvalue weighted by Crippen LogP contribution is -2.14. The number of imidazole rings is 2. The molecule has 5 rings (SSSR count). The average molecular weight is 505 g/mol. The highest BCUT2D eigenvalue weighted by Crippen LogP contribution is 2.35. The van der Waals surface area contributed by atoms with Gasteiger partial charge < -0.3 is 20.6 Å². The standard InChI is InChI=1S/C30H34N6.C2H2/c1-3-15-31-19-29-33-17-27(35-29)22-11-9-21(10-12-22)23-13-14-26(25-8-6-5-7-24(23)25)28-18-34-30(36-28)20-32-16-4-2;1-2/h5-14,17-18,31-32H,3-4,15-16,19-20H2,1-2H3,(H,33,35)(H,34,36);1-2H. The molecule has 2 heterocycles. The largest absolute Gasteiger partial charge is 0.341 e. The zero-order valence-corrected chi connectivity index (χ0v) is 22.2. The van der Waals surface area contributed by atoms with Gasteiger partial charge >= 0.3 is 0 Å². The third-order valence-corrected chi connectivity index (χ3v) is 6.42. The highest BCUT2D eigenvalue weighted by atomic mass is 15.0. The molecule has 194 valence electrons. The maximum Gasteiger partial charge on any atom is 0.120 e. The fourth-order valence-corrected chi connectivity index (χ4v) is 4.57. The average Bonchev–Trinajstić information content (AvgIpc) is 3.64. The minimum atomic E-state index is 0.753. The summed E-state index contributed by atoms with van der Waals surface area (Å²) in [5, 5.41) is 9.25. The van der Waals surface area contributed by atoms with Crippen molar-refractivity contribution in [1.82, 2.24) is 30.6 Å². The van der Waals surface area contributed by atoms with Crippen LogP contribution in [0.5, 0.6) is 0 Å². The second kappa shape index (κ2) is 13.4. The zero-order valence-electron chi connectivity index (χ0n) is 22.2. The summed E-state index contributed by atoms with van der Waals surface area (Å²) in [5.41, 5.74) is 6.81. The second-order valence-electron chi connectivity index (χ2n) is 9.12. The van der Waals surface area contributed by atoms with Gasteiger partial charge in [0.25, 0.3) is 0 Å². The Labute approximate surface area is 225 Å². The van der Waals surface area contributed by atoms with Crippen LogP contribution in [0, 0.1) is 12.8 Å². The Morgan fingerprint density at radius 3 is 1.74 bits per heavy atom. The predicted octanol–water partition coefficient (Wildman–Crippen LogP) is 6.54. The van der Waals surface area contributed by atoms with Gasteiger partial charge in [-0.1, -0.05) is 74.5 Å². The number of rotatable bonds is 11. The van der Waals surface area contributed by atoms with Crippen molar-refractivity contribution in [1.29, 1.82) is 0 Å². The first-order chi connectivity index (χ1) is 18.8. The van der Waals surface area contributed by atoms with E-state index in [4.69, 9.17) is 0 Å². The van der Waals surface area contributed by atoms with Crippen LogP contribution in [-0.2, 0) is 13.1 Å². The third kappa shape index (κ3) is 6.20. The fraction of sp³-hybridized carbons (Fsp3) is 0.250. The Balaban J connectivity index is 0.00000164. The summed E-state index contributed by atoms with van der Waals surface area (Å²) >= 11 is 0.